The number of aromatic nitrogens is 2. The van der Waals surface area contributed by atoms with E-state index in [9.17, 15) is 24.1 Å². The molecule has 0 radical (unpaired) electrons. The number of carboxylic acids is 1. The van der Waals surface area contributed by atoms with Crippen molar-refractivity contribution in [2.45, 2.75) is 24.5 Å². The van der Waals surface area contributed by atoms with Crippen LogP contribution in [-0.4, -0.2) is 60.4 Å². The highest BCUT2D eigenvalue weighted by Gasteiger charge is 2.48. The minimum atomic E-state index is -4.90. The number of H-pyrrole nitrogens is 1. The molecule has 26 heavy (non-hydrogen) atoms. The molecule has 1 saturated heterocycles. The van der Waals surface area contributed by atoms with Gasteiger partial charge in [0.2, 0.25) is 0 Å². The zero-order chi connectivity index (χ0) is 19.6. The fourth-order valence-corrected chi connectivity index (χ4v) is 2.58. The molecule has 4 atom stereocenters. The maximum atomic E-state index is 11.8. The number of rotatable bonds is 7. The number of nitrogens with one attached hydrogen (secondary N) is 1. The molecule has 144 valence electrons. The lowest BCUT2D eigenvalue weighted by molar-refractivity contribution is -0.139. The van der Waals surface area contributed by atoms with Gasteiger partial charge < -0.3 is 29.5 Å². The summed E-state index contributed by atoms with van der Waals surface area (Å²) < 4.78 is 26.3. The molecule has 1 aliphatic rings. The lowest BCUT2D eigenvalue weighted by Crippen LogP contribution is -2.39. The second kappa shape index (κ2) is 7.53. The number of nitrogens with zero attached hydrogens (tertiary/aromatic N) is 1. The summed E-state index contributed by atoms with van der Waals surface area (Å²) in [5, 5.41) is 19.2. The number of ether oxygens (including phenoxy) is 2. The Kier molecular flexibility index (Phi) is 5.81. The number of carbonyl (C=O) groups is 1. The normalized spacial score (nSPS) is 25.8. The van der Waals surface area contributed by atoms with Crippen molar-refractivity contribution >= 4 is 13.8 Å². The number of aromatic amines is 1. The third-order valence-electron chi connectivity index (χ3n) is 3.36. The summed E-state index contributed by atoms with van der Waals surface area (Å²) in [6.07, 6.45) is -4.92. The molecule has 13 nitrogen and oxygen atoms in total. The maximum Gasteiger partial charge on any atom is 0.469 e. The molecular weight excluding hydrogens is 379 g/mol. The van der Waals surface area contributed by atoms with E-state index in [-0.39, 0.29) is 0 Å². The summed E-state index contributed by atoms with van der Waals surface area (Å²) in [6.45, 7) is 2.34. The van der Waals surface area contributed by atoms with Gasteiger partial charge in [-0.2, -0.15) is 0 Å². The smallest absolute Gasteiger partial charge is 0.469 e. The molecule has 1 fully saturated rings. The average Bonchev–Trinajstić information content (AvgIpc) is 2.81. The van der Waals surface area contributed by atoms with Gasteiger partial charge in [-0.1, -0.05) is 0 Å². The van der Waals surface area contributed by atoms with E-state index in [0.29, 0.717) is 0 Å². The number of aliphatic hydroxyl groups excluding tert-OH is 1. The molecule has 0 aromatic carbocycles. The molecule has 1 aromatic rings. The van der Waals surface area contributed by atoms with E-state index in [1.807, 2.05) is 4.98 Å². The third-order valence-corrected chi connectivity index (χ3v) is 3.84. The van der Waals surface area contributed by atoms with Gasteiger partial charge in [0.05, 0.1) is 6.61 Å². The molecule has 2 rings (SSSR count). The third kappa shape index (κ3) is 4.66. The molecule has 0 amide bonds. The number of carboxylic acid groups (broad SMARTS) is 1. The second-order valence-electron chi connectivity index (χ2n) is 5.17. The van der Waals surface area contributed by atoms with E-state index < -0.39 is 61.9 Å². The predicted molar refractivity (Wildman–Crippen MR) is 80.9 cm³/mol. The minimum absolute atomic E-state index is 0.702. The van der Waals surface area contributed by atoms with Gasteiger partial charge in [-0.3, -0.25) is 18.9 Å². The molecule has 4 unspecified atom stereocenters. The number of phosphoric acid groups is 1. The molecule has 1 aromatic heterocycles. The van der Waals surface area contributed by atoms with E-state index in [0.717, 1.165) is 16.8 Å². The van der Waals surface area contributed by atoms with Crippen molar-refractivity contribution in [3.63, 3.8) is 0 Å². The topological polar surface area (TPSA) is 198 Å². The van der Waals surface area contributed by atoms with E-state index in [1.165, 1.54) is 0 Å². The molecule has 0 saturated carbocycles. The summed E-state index contributed by atoms with van der Waals surface area (Å²) in [4.78, 5) is 53.3. The van der Waals surface area contributed by atoms with Crippen LogP contribution in [0.15, 0.2) is 34.2 Å². The Morgan fingerprint density at radius 3 is 2.62 bits per heavy atom. The van der Waals surface area contributed by atoms with Crippen molar-refractivity contribution in [1.29, 1.82) is 0 Å². The fourth-order valence-electron chi connectivity index (χ4n) is 2.24. The Labute approximate surface area is 144 Å². The van der Waals surface area contributed by atoms with Crippen LogP contribution in [0.2, 0.25) is 0 Å². The summed E-state index contributed by atoms with van der Waals surface area (Å²) >= 11 is 0. The van der Waals surface area contributed by atoms with E-state index in [1.54, 1.807) is 0 Å². The average molecular weight is 394 g/mol. The van der Waals surface area contributed by atoms with Gasteiger partial charge in [-0.05, 0) is 6.58 Å². The largest absolute Gasteiger partial charge is 0.478 e. The number of aliphatic hydroxyl groups is 1. The Morgan fingerprint density at radius 2 is 2.08 bits per heavy atom. The van der Waals surface area contributed by atoms with Crippen molar-refractivity contribution in [3.05, 3.63) is 45.4 Å². The quantitative estimate of drug-likeness (QED) is 0.193. The first-order chi connectivity index (χ1) is 12.0. The molecule has 14 heteroatoms. The van der Waals surface area contributed by atoms with Crippen LogP contribution in [0.5, 0.6) is 0 Å². The maximum absolute atomic E-state index is 11.8. The van der Waals surface area contributed by atoms with Crippen LogP contribution >= 0.6 is 7.82 Å². The van der Waals surface area contributed by atoms with Crippen LogP contribution in [0.1, 0.15) is 6.23 Å². The first kappa shape index (κ1) is 20.0. The van der Waals surface area contributed by atoms with E-state index in [4.69, 9.17) is 24.4 Å². The van der Waals surface area contributed by atoms with E-state index in [2.05, 4.69) is 11.1 Å². The molecule has 2 heterocycles. The summed E-state index contributed by atoms with van der Waals surface area (Å²) in [5.41, 5.74) is -1.64. The van der Waals surface area contributed by atoms with Gasteiger partial charge in [0.15, 0.2) is 18.1 Å². The molecular formula is C12H15N2O11P. The Balaban J connectivity index is 2.30. The molecule has 5 N–H and O–H groups in total. The van der Waals surface area contributed by atoms with Gasteiger partial charge >= 0.3 is 19.5 Å². The second-order valence-corrected chi connectivity index (χ2v) is 6.41. The number of aliphatic carboxylic acids is 1. The van der Waals surface area contributed by atoms with Crippen LogP contribution in [-0.2, 0) is 23.4 Å². The van der Waals surface area contributed by atoms with Crippen molar-refractivity contribution in [1.82, 2.24) is 9.55 Å². The Hall–Kier alpha value is -2.28. The summed E-state index contributed by atoms with van der Waals surface area (Å²) in [5.74, 6) is -2.31. The summed E-state index contributed by atoms with van der Waals surface area (Å²) in [6, 6.07) is 0.975. The van der Waals surface area contributed by atoms with Crippen LogP contribution in [0, 0.1) is 0 Å². The van der Waals surface area contributed by atoms with Crippen LogP contribution in [0.25, 0.3) is 0 Å². The zero-order valence-corrected chi connectivity index (χ0v) is 13.8. The molecule has 0 bridgehead atoms. The van der Waals surface area contributed by atoms with Gasteiger partial charge in [0.25, 0.3) is 5.56 Å². The number of hydrogen-bond donors (Lipinski definition) is 5. The monoisotopic (exact) mass is 394 g/mol. The molecule has 1 aliphatic heterocycles. The van der Waals surface area contributed by atoms with Gasteiger partial charge in [0.1, 0.15) is 12.2 Å². The van der Waals surface area contributed by atoms with E-state index >= 15 is 0 Å². The van der Waals surface area contributed by atoms with Gasteiger partial charge in [0, 0.05) is 12.3 Å². The summed E-state index contributed by atoms with van der Waals surface area (Å²) in [7, 11) is -4.90. The fraction of sp³-hybridized carbons (Fsp3) is 0.417. The molecule has 0 aliphatic carbocycles. The highest BCUT2D eigenvalue weighted by atomic mass is 31.2. The van der Waals surface area contributed by atoms with Crippen molar-refractivity contribution < 1.29 is 43.4 Å². The van der Waals surface area contributed by atoms with Crippen LogP contribution in [0.3, 0.4) is 0 Å². The highest BCUT2D eigenvalue weighted by molar-refractivity contribution is 7.46. The lowest BCUT2D eigenvalue weighted by Gasteiger charge is -2.21. The van der Waals surface area contributed by atoms with Crippen molar-refractivity contribution in [2.24, 2.45) is 0 Å². The SMILES string of the molecule is C=C(OC1C(COP(=O)(O)O)OC(n2ccc(=O)[nH]c2=O)C1O)C(=O)O. The minimum Gasteiger partial charge on any atom is -0.478 e. The van der Waals surface area contributed by atoms with Crippen molar-refractivity contribution in [2.75, 3.05) is 6.61 Å². The first-order valence-corrected chi connectivity index (χ1v) is 8.46. The van der Waals surface area contributed by atoms with Crippen LogP contribution < -0.4 is 11.2 Å². The highest BCUT2D eigenvalue weighted by Crippen LogP contribution is 2.39. The lowest BCUT2D eigenvalue weighted by atomic mass is 10.1. The zero-order valence-electron chi connectivity index (χ0n) is 12.9. The van der Waals surface area contributed by atoms with Crippen LogP contribution in [0.4, 0.5) is 0 Å². The first-order valence-electron chi connectivity index (χ1n) is 6.93. The number of hydrogen-bond acceptors (Lipinski definition) is 8. The number of phosphoric ester groups is 1. The predicted octanol–water partition coefficient (Wildman–Crippen LogP) is -2.11. The van der Waals surface area contributed by atoms with Crippen molar-refractivity contribution in [3.8, 4) is 0 Å². The van der Waals surface area contributed by atoms with Gasteiger partial charge in [-0.25, -0.2) is 14.2 Å². The Morgan fingerprint density at radius 1 is 1.42 bits per heavy atom. The molecule has 0 spiro atoms. The Bertz CT molecular complexity index is 855. The van der Waals surface area contributed by atoms with Gasteiger partial charge in [-0.15, -0.1) is 0 Å². The standard InChI is InChI=1S/C12H15N2O11P/c1-5(11(17)18)24-9-6(4-23-26(20,21)22)25-10(8(9)16)14-3-2-7(15)13-12(14)19/h2-3,6,8-10,16H,1,4H2,(H,17,18)(H,13,15,19)(H2,20,21,22).